The number of fused-ring (bicyclic) bond motifs is 1. The summed E-state index contributed by atoms with van der Waals surface area (Å²) < 4.78 is 13.3. The van der Waals surface area contributed by atoms with E-state index in [2.05, 4.69) is 20.6 Å². The van der Waals surface area contributed by atoms with E-state index in [4.69, 9.17) is 5.73 Å². The molecule has 0 radical (unpaired) electrons. The smallest absolute Gasteiger partial charge is 0.250 e. The van der Waals surface area contributed by atoms with Crippen molar-refractivity contribution in [3.05, 3.63) is 65.2 Å². The Kier molecular flexibility index (Phi) is 4.45. The SMILES string of the molecule is Cc1nc(NC2CNCC2c2ccc(F)cc2)c2cccc(C(N)=O)c2n1. The van der Waals surface area contributed by atoms with Crippen LogP contribution >= 0.6 is 0 Å². The molecule has 138 valence electrons. The zero-order chi connectivity index (χ0) is 19.0. The van der Waals surface area contributed by atoms with Gasteiger partial charge in [-0.1, -0.05) is 18.2 Å². The van der Waals surface area contributed by atoms with E-state index in [-0.39, 0.29) is 17.8 Å². The Balaban J connectivity index is 1.71. The molecule has 2 heterocycles. The van der Waals surface area contributed by atoms with Gasteiger partial charge < -0.3 is 16.4 Å². The van der Waals surface area contributed by atoms with Gasteiger partial charge in [0.1, 0.15) is 17.5 Å². The zero-order valence-electron chi connectivity index (χ0n) is 14.9. The molecule has 1 aromatic heterocycles. The lowest BCUT2D eigenvalue weighted by Gasteiger charge is -2.22. The normalized spacial score (nSPS) is 19.3. The highest BCUT2D eigenvalue weighted by Gasteiger charge is 2.29. The lowest BCUT2D eigenvalue weighted by molar-refractivity contribution is 0.100. The highest BCUT2D eigenvalue weighted by molar-refractivity contribution is 6.07. The van der Waals surface area contributed by atoms with E-state index in [1.165, 1.54) is 12.1 Å². The molecule has 27 heavy (non-hydrogen) atoms. The molecular formula is C20H20FN5O. The third kappa shape index (κ3) is 3.33. The minimum Gasteiger partial charge on any atom is -0.366 e. The molecular weight excluding hydrogens is 345 g/mol. The van der Waals surface area contributed by atoms with Crippen LogP contribution in [0.1, 0.15) is 27.7 Å². The molecule has 3 aromatic rings. The van der Waals surface area contributed by atoms with E-state index in [1.54, 1.807) is 19.1 Å². The molecule has 4 rings (SSSR count). The van der Waals surface area contributed by atoms with Crippen LogP contribution in [0, 0.1) is 12.7 Å². The summed E-state index contributed by atoms with van der Waals surface area (Å²) in [5, 5.41) is 7.62. The summed E-state index contributed by atoms with van der Waals surface area (Å²) in [6.45, 7) is 3.33. The van der Waals surface area contributed by atoms with E-state index in [9.17, 15) is 9.18 Å². The van der Waals surface area contributed by atoms with Crippen LogP contribution in [0.3, 0.4) is 0 Å². The van der Waals surface area contributed by atoms with Crippen molar-refractivity contribution in [2.24, 2.45) is 5.73 Å². The van der Waals surface area contributed by atoms with Gasteiger partial charge in [0.05, 0.1) is 11.1 Å². The maximum atomic E-state index is 13.3. The molecule has 1 aliphatic rings. The largest absolute Gasteiger partial charge is 0.366 e. The standard InChI is InChI=1S/C20H20FN5O/c1-11-24-18-14(19(22)27)3-2-4-15(18)20(25-11)26-17-10-23-9-16(17)12-5-7-13(21)8-6-12/h2-8,16-17,23H,9-10H2,1H3,(H2,22,27)(H,24,25,26). The molecule has 0 aliphatic carbocycles. The first-order valence-electron chi connectivity index (χ1n) is 8.83. The molecule has 1 saturated heterocycles. The van der Waals surface area contributed by atoms with Gasteiger partial charge in [0.15, 0.2) is 0 Å². The second-order valence-corrected chi connectivity index (χ2v) is 6.75. The molecule has 1 aliphatic heterocycles. The summed E-state index contributed by atoms with van der Waals surface area (Å²) in [6, 6.07) is 12.0. The number of amides is 1. The summed E-state index contributed by atoms with van der Waals surface area (Å²) in [4.78, 5) is 20.7. The van der Waals surface area contributed by atoms with Crippen LogP contribution in [0.25, 0.3) is 10.9 Å². The van der Waals surface area contributed by atoms with Gasteiger partial charge in [-0.15, -0.1) is 0 Å². The number of nitrogens with one attached hydrogen (secondary N) is 2. The summed E-state index contributed by atoms with van der Waals surface area (Å²) in [5.41, 5.74) is 7.48. The minimum absolute atomic E-state index is 0.0743. The third-order valence-electron chi connectivity index (χ3n) is 4.94. The number of aryl methyl sites for hydroxylation is 1. The molecule has 2 atom stereocenters. The van der Waals surface area contributed by atoms with Gasteiger partial charge in [-0.3, -0.25) is 4.79 Å². The lowest BCUT2D eigenvalue weighted by atomic mass is 9.94. The summed E-state index contributed by atoms with van der Waals surface area (Å²) in [5.74, 6) is 0.640. The molecule has 0 spiro atoms. The molecule has 0 bridgehead atoms. The number of anilines is 1. The first-order valence-corrected chi connectivity index (χ1v) is 8.83. The van der Waals surface area contributed by atoms with Crippen molar-refractivity contribution in [2.45, 2.75) is 18.9 Å². The lowest BCUT2D eigenvalue weighted by Crippen LogP contribution is -2.28. The van der Waals surface area contributed by atoms with Gasteiger partial charge in [0.2, 0.25) is 0 Å². The number of benzene rings is 2. The fourth-order valence-electron chi connectivity index (χ4n) is 3.64. The van der Waals surface area contributed by atoms with Crippen molar-refractivity contribution in [1.82, 2.24) is 15.3 Å². The van der Waals surface area contributed by atoms with E-state index in [1.807, 2.05) is 18.2 Å². The highest BCUT2D eigenvalue weighted by atomic mass is 19.1. The number of aromatic nitrogens is 2. The Bertz CT molecular complexity index is 1010. The Hall–Kier alpha value is -3.06. The number of primary amides is 1. The minimum atomic E-state index is -0.517. The average molecular weight is 365 g/mol. The van der Waals surface area contributed by atoms with Crippen molar-refractivity contribution < 1.29 is 9.18 Å². The van der Waals surface area contributed by atoms with E-state index in [0.717, 1.165) is 24.0 Å². The molecule has 2 unspecified atom stereocenters. The molecule has 2 aromatic carbocycles. The highest BCUT2D eigenvalue weighted by Crippen LogP contribution is 2.29. The summed E-state index contributed by atoms with van der Waals surface area (Å²) in [7, 11) is 0. The van der Waals surface area contributed by atoms with Crippen LogP contribution in [-0.2, 0) is 0 Å². The van der Waals surface area contributed by atoms with Crippen molar-refractivity contribution in [1.29, 1.82) is 0 Å². The number of nitrogens with two attached hydrogens (primary N) is 1. The fourth-order valence-corrected chi connectivity index (χ4v) is 3.64. The van der Waals surface area contributed by atoms with Crippen molar-refractivity contribution in [3.63, 3.8) is 0 Å². The van der Waals surface area contributed by atoms with Crippen molar-refractivity contribution in [2.75, 3.05) is 18.4 Å². The summed E-state index contributed by atoms with van der Waals surface area (Å²) in [6.07, 6.45) is 0. The van der Waals surface area contributed by atoms with E-state index < -0.39 is 5.91 Å². The number of halogens is 1. The van der Waals surface area contributed by atoms with Gasteiger partial charge in [-0.25, -0.2) is 14.4 Å². The predicted molar refractivity (Wildman–Crippen MR) is 102 cm³/mol. The number of hydrogen-bond acceptors (Lipinski definition) is 5. The maximum Gasteiger partial charge on any atom is 0.250 e. The summed E-state index contributed by atoms with van der Waals surface area (Å²) >= 11 is 0. The van der Waals surface area contributed by atoms with Gasteiger partial charge >= 0.3 is 0 Å². The first kappa shape index (κ1) is 17.4. The zero-order valence-corrected chi connectivity index (χ0v) is 14.9. The Morgan fingerprint density at radius 3 is 2.70 bits per heavy atom. The van der Waals surface area contributed by atoms with Crippen molar-refractivity contribution in [3.8, 4) is 0 Å². The van der Waals surface area contributed by atoms with Crippen LogP contribution in [0.5, 0.6) is 0 Å². The fraction of sp³-hybridized carbons (Fsp3) is 0.250. The Labute approximate surface area is 156 Å². The second kappa shape index (κ2) is 6.92. The van der Waals surface area contributed by atoms with Crippen LogP contribution in [0.4, 0.5) is 10.2 Å². The third-order valence-corrected chi connectivity index (χ3v) is 4.94. The van der Waals surface area contributed by atoms with Gasteiger partial charge in [0, 0.05) is 30.4 Å². The average Bonchev–Trinajstić information content (AvgIpc) is 3.09. The Morgan fingerprint density at radius 1 is 1.19 bits per heavy atom. The van der Waals surface area contributed by atoms with Crippen LogP contribution in [-0.4, -0.2) is 35.0 Å². The molecule has 1 amide bonds. The van der Waals surface area contributed by atoms with Crippen molar-refractivity contribution >= 4 is 22.6 Å². The monoisotopic (exact) mass is 365 g/mol. The number of carbonyl (C=O) groups is 1. The number of para-hydroxylation sites is 1. The topological polar surface area (TPSA) is 92.9 Å². The maximum absolute atomic E-state index is 13.3. The first-order chi connectivity index (χ1) is 13.0. The number of hydrogen-bond donors (Lipinski definition) is 3. The quantitative estimate of drug-likeness (QED) is 0.660. The van der Waals surface area contributed by atoms with Crippen LogP contribution in [0.15, 0.2) is 42.5 Å². The molecule has 6 nitrogen and oxygen atoms in total. The van der Waals surface area contributed by atoms with Gasteiger partial charge in [0.25, 0.3) is 5.91 Å². The van der Waals surface area contributed by atoms with Gasteiger partial charge in [-0.05, 0) is 36.8 Å². The van der Waals surface area contributed by atoms with E-state index in [0.29, 0.717) is 22.7 Å². The number of nitrogens with zero attached hydrogens (tertiary/aromatic N) is 2. The molecule has 1 fully saturated rings. The molecule has 0 saturated carbocycles. The second-order valence-electron chi connectivity index (χ2n) is 6.75. The Morgan fingerprint density at radius 2 is 1.96 bits per heavy atom. The number of rotatable bonds is 4. The predicted octanol–water partition coefficient (Wildman–Crippen LogP) is 2.34. The molecule has 4 N–H and O–H groups in total. The van der Waals surface area contributed by atoms with Gasteiger partial charge in [-0.2, -0.15) is 0 Å². The molecule has 7 heteroatoms. The van der Waals surface area contributed by atoms with E-state index >= 15 is 0 Å². The van der Waals surface area contributed by atoms with Crippen LogP contribution < -0.4 is 16.4 Å². The number of carbonyl (C=O) groups excluding carboxylic acids is 1. The van der Waals surface area contributed by atoms with Crippen LogP contribution in [0.2, 0.25) is 0 Å².